The smallest absolute Gasteiger partial charge is 0.405 e. The molecule has 1 unspecified atom stereocenters. The van der Waals surface area contributed by atoms with Crippen LogP contribution in [0, 0.1) is 5.92 Å². The van der Waals surface area contributed by atoms with E-state index in [0.717, 1.165) is 5.56 Å². The molecule has 0 spiro atoms. The van der Waals surface area contributed by atoms with Crippen LogP contribution in [0.2, 0.25) is 0 Å². The Morgan fingerprint density at radius 3 is 2.33 bits per heavy atom. The zero-order valence-electron chi connectivity index (χ0n) is 9.38. The molecule has 1 aromatic carbocycles. The van der Waals surface area contributed by atoms with Gasteiger partial charge in [0.1, 0.15) is 0 Å². The molecule has 4 nitrogen and oxygen atoms in total. The molecule has 1 saturated heterocycles. The third-order valence-electron chi connectivity index (χ3n) is 2.85. The molecular formula is C12H11Cl2NO3. The van der Waals surface area contributed by atoms with Gasteiger partial charge in [-0.1, -0.05) is 30.3 Å². The number of ether oxygens (including phenoxy) is 1. The summed E-state index contributed by atoms with van der Waals surface area (Å²) in [7, 11) is 0. The third-order valence-corrected chi connectivity index (χ3v) is 3.25. The number of benzene rings is 1. The van der Waals surface area contributed by atoms with Gasteiger partial charge in [-0.05, 0) is 11.6 Å². The maximum Gasteiger partial charge on any atom is 0.405 e. The highest BCUT2D eigenvalue weighted by Crippen LogP contribution is 2.31. The number of carbonyl (C=O) groups is 2. The monoisotopic (exact) mass is 287 g/mol. The Morgan fingerprint density at radius 2 is 1.83 bits per heavy atom. The number of hydrogen-bond donors (Lipinski definition) is 0. The summed E-state index contributed by atoms with van der Waals surface area (Å²) in [5.74, 6) is -0.202. The summed E-state index contributed by atoms with van der Waals surface area (Å²) in [6, 6.07) is 9.22. The van der Waals surface area contributed by atoms with Crippen LogP contribution in [0.5, 0.6) is 0 Å². The second-order valence-electron chi connectivity index (χ2n) is 4.07. The zero-order chi connectivity index (χ0) is 13.1. The SMILES string of the molecule is O=C(Cl)OC(c1ccccc1)N1CC(C(=O)Cl)C1. The Hall–Kier alpha value is -1.10. The van der Waals surface area contributed by atoms with Crippen molar-refractivity contribution in [2.45, 2.75) is 6.23 Å². The molecule has 1 atom stereocenters. The molecule has 0 saturated carbocycles. The zero-order valence-corrected chi connectivity index (χ0v) is 10.9. The molecule has 1 aliphatic heterocycles. The molecule has 0 bridgehead atoms. The van der Waals surface area contributed by atoms with E-state index in [0.29, 0.717) is 13.1 Å². The molecule has 6 heteroatoms. The van der Waals surface area contributed by atoms with Crippen molar-refractivity contribution in [1.29, 1.82) is 0 Å². The summed E-state index contributed by atoms with van der Waals surface area (Å²) in [4.78, 5) is 23.7. The van der Waals surface area contributed by atoms with Crippen LogP contribution in [0.1, 0.15) is 11.8 Å². The largest absolute Gasteiger partial charge is 0.430 e. The van der Waals surface area contributed by atoms with E-state index in [1.807, 2.05) is 35.2 Å². The fourth-order valence-corrected chi connectivity index (χ4v) is 2.13. The van der Waals surface area contributed by atoms with Gasteiger partial charge in [0.2, 0.25) is 5.24 Å². The fraction of sp³-hybridized carbons (Fsp3) is 0.333. The Labute approximate surface area is 114 Å². The van der Waals surface area contributed by atoms with Crippen molar-refractivity contribution in [2.75, 3.05) is 13.1 Å². The van der Waals surface area contributed by atoms with Crippen molar-refractivity contribution in [3.05, 3.63) is 35.9 Å². The van der Waals surface area contributed by atoms with E-state index < -0.39 is 11.7 Å². The molecule has 1 fully saturated rings. The number of likely N-dealkylation sites (tertiary alicyclic amines) is 1. The lowest BCUT2D eigenvalue weighted by molar-refractivity contribution is -0.127. The second-order valence-corrected chi connectivity index (χ2v) is 4.75. The lowest BCUT2D eigenvalue weighted by Crippen LogP contribution is -2.51. The summed E-state index contributed by atoms with van der Waals surface area (Å²) in [6.07, 6.45) is -0.566. The fourth-order valence-electron chi connectivity index (χ4n) is 1.91. The molecule has 1 heterocycles. The highest BCUT2D eigenvalue weighted by Gasteiger charge is 2.38. The van der Waals surface area contributed by atoms with Crippen molar-refractivity contribution < 1.29 is 14.3 Å². The molecule has 0 aromatic heterocycles. The number of rotatable bonds is 4. The summed E-state index contributed by atoms with van der Waals surface area (Å²) in [6.45, 7) is 0.929. The molecule has 0 radical (unpaired) electrons. The lowest BCUT2D eigenvalue weighted by Gasteiger charge is -2.41. The average molecular weight is 288 g/mol. The minimum Gasteiger partial charge on any atom is -0.430 e. The van der Waals surface area contributed by atoms with Crippen LogP contribution >= 0.6 is 23.2 Å². The average Bonchev–Trinajstić information content (AvgIpc) is 2.26. The predicted molar refractivity (Wildman–Crippen MR) is 67.4 cm³/mol. The Morgan fingerprint density at radius 1 is 1.22 bits per heavy atom. The highest BCUT2D eigenvalue weighted by molar-refractivity contribution is 6.64. The maximum atomic E-state index is 11.0. The van der Waals surface area contributed by atoms with Crippen LogP contribution in [-0.4, -0.2) is 28.7 Å². The van der Waals surface area contributed by atoms with Crippen LogP contribution in [0.25, 0.3) is 0 Å². The molecule has 0 amide bonds. The number of halogens is 2. The van der Waals surface area contributed by atoms with Gasteiger partial charge < -0.3 is 4.74 Å². The Bertz CT molecular complexity index is 446. The van der Waals surface area contributed by atoms with E-state index in [-0.39, 0.29) is 11.2 Å². The highest BCUT2D eigenvalue weighted by atomic mass is 35.5. The van der Waals surface area contributed by atoms with E-state index in [1.54, 1.807) is 0 Å². The van der Waals surface area contributed by atoms with Crippen molar-refractivity contribution in [1.82, 2.24) is 4.90 Å². The summed E-state index contributed by atoms with van der Waals surface area (Å²) < 4.78 is 5.07. The summed E-state index contributed by atoms with van der Waals surface area (Å²) in [5.41, 5.74) is -0.0588. The van der Waals surface area contributed by atoms with Gasteiger partial charge in [0, 0.05) is 30.3 Å². The minimum absolute atomic E-state index is 0.202. The maximum absolute atomic E-state index is 11.0. The van der Waals surface area contributed by atoms with Crippen molar-refractivity contribution in [3.63, 3.8) is 0 Å². The first-order valence-electron chi connectivity index (χ1n) is 5.42. The van der Waals surface area contributed by atoms with Gasteiger partial charge in [-0.3, -0.25) is 9.69 Å². The van der Waals surface area contributed by atoms with Gasteiger partial charge in [-0.2, -0.15) is 0 Å². The minimum atomic E-state index is -0.871. The van der Waals surface area contributed by atoms with Gasteiger partial charge in [-0.15, -0.1) is 0 Å². The van der Waals surface area contributed by atoms with E-state index in [1.165, 1.54) is 0 Å². The molecule has 2 rings (SSSR count). The van der Waals surface area contributed by atoms with Crippen LogP contribution < -0.4 is 0 Å². The molecule has 0 aliphatic carbocycles. The molecule has 96 valence electrons. The van der Waals surface area contributed by atoms with E-state index in [9.17, 15) is 9.59 Å². The van der Waals surface area contributed by atoms with Gasteiger partial charge >= 0.3 is 5.43 Å². The lowest BCUT2D eigenvalue weighted by atomic mass is 10.00. The third kappa shape index (κ3) is 3.02. The molecule has 18 heavy (non-hydrogen) atoms. The first-order chi connectivity index (χ1) is 8.58. The normalized spacial score (nSPS) is 17.9. The second kappa shape index (κ2) is 5.69. The standard InChI is InChI=1S/C12H11Cl2NO3/c13-10(16)9-6-15(7-9)11(18-12(14)17)8-4-2-1-3-5-8/h1-5,9,11H,6-7H2. The number of carbonyl (C=O) groups excluding carboxylic acids is 2. The van der Waals surface area contributed by atoms with Crippen molar-refractivity contribution in [3.8, 4) is 0 Å². The summed E-state index contributed by atoms with van der Waals surface area (Å²) in [5, 5.41) is -0.365. The number of nitrogens with zero attached hydrogens (tertiary/aromatic N) is 1. The van der Waals surface area contributed by atoms with Gasteiger partial charge in [0.05, 0.1) is 5.92 Å². The number of hydrogen-bond acceptors (Lipinski definition) is 4. The van der Waals surface area contributed by atoms with Gasteiger partial charge in [0.15, 0.2) is 6.23 Å². The van der Waals surface area contributed by atoms with Gasteiger partial charge in [0.25, 0.3) is 0 Å². The van der Waals surface area contributed by atoms with Crippen molar-refractivity contribution in [2.24, 2.45) is 5.92 Å². The first kappa shape index (κ1) is 13.3. The molecule has 0 N–H and O–H groups in total. The summed E-state index contributed by atoms with van der Waals surface area (Å²) >= 11 is 10.7. The van der Waals surface area contributed by atoms with Gasteiger partial charge in [-0.25, -0.2) is 4.79 Å². The van der Waals surface area contributed by atoms with Crippen LogP contribution in [0.4, 0.5) is 4.79 Å². The van der Waals surface area contributed by atoms with Crippen LogP contribution in [0.15, 0.2) is 30.3 Å². The van der Waals surface area contributed by atoms with Crippen LogP contribution in [0.3, 0.4) is 0 Å². The van der Waals surface area contributed by atoms with E-state index in [4.69, 9.17) is 27.9 Å². The Balaban J connectivity index is 2.08. The predicted octanol–water partition coefficient (Wildman–Crippen LogP) is 2.76. The first-order valence-corrected chi connectivity index (χ1v) is 6.18. The molecular weight excluding hydrogens is 277 g/mol. The van der Waals surface area contributed by atoms with E-state index in [2.05, 4.69) is 0 Å². The molecule has 1 aliphatic rings. The van der Waals surface area contributed by atoms with Crippen LogP contribution in [-0.2, 0) is 9.53 Å². The Kier molecular flexibility index (Phi) is 4.22. The quantitative estimate of drug-likeness (QED) is 0.799. The van der Waals surface area contributed by atoms with Crippen molar-refractivity contribution >= 4 is 33.9 Å². The molecule has 1 aromatic rings. The topological polar surface area (TPSA) is 46.6 Å². The van der Waals surface area contributed by atoms with E-state index >= 15 is 0 Å².